The van der Waals surface area contributed by atoms with Crippen LogP contribution in [0.5, 0.6) is 0 Å². The normalized spacial score (nSPS) is 10.3. The number of thiophene rings is 1. The second-order valence-electron chi connectivity index (χ2n) is 5.81. The van der Waals surface area contributed by atoms with Crippen LogP contribution in [0, 0.1) is 6.92 Å². The van der Waals surface area contributed by atoms with Crippen LogP contribution in [0.2, 0.25) is 0 Å². The molecule has 0 saturated carbocycles. The van der Waals surface area contributed by atoms with Crippen LogP contribution in [0.4, 0.5) is 9.80 Å². The van der Waals surface area contributed by atoms with Crippen LogP contribution in [0.25, 0.3) is 0 Å². The molecule has 2 N–H and O–H groups in total. The third-order valence-electron chi connectivity index (χ3n) is 3.89. The lowest BCUT2D eigenvalue weighted by Crippen LogP contribution is -2.31. The van der Waals surface area contributed by atoms with Crippen LogP contribution in [0.3, 0.4) is 0 Å². The molecule has 1 aromatic carbocycles. The fourth-order valence-corrected chi connectivity index (χ4v) is 4.47. The summed E-state index contributed by atoms with van der Waals surface area (Å²) in [5.74, 6) is -1.06. The van der Waals surface area contributed by atoms with Gasteiger partial charge in [-0.2, -0.15) is 0 Å². The monoisotopic (exact) mass is 450 g/mol. The minimum absolute atomic E-state index is 0.00225. The van der Waals surface area contributed by atoms with Gasteiger partial charge in [0.15, 0.2) is 0 Å². The van der Waals surface area contributed by atoms with E-state index in [0.717, 1.165) is 29.1 Å². The maximum atomic E-state index is 12.9. The number of alkyl carbamates (subject to hydrolysis) is 1. The number of carbonyl (C=O) groups excluding carboxylic acids is 4. The zero-order valence-corrected chi connectivity index (χ0v) is 18.6. The predicted molar refractivity (Wildman–Crippen MR) is 116 cm³/mol. The quantitative estimate of drug-likeness (QED) is 0.483. The van der Waals surface area contributed by atoms with E-state index in [0.29, 0.717) is 11.1 Å². The molecular formula is C20H22N2O6S2. The molecule has 8 nitrogen and oxygen atoms in total. The van der Waals surface area contributed by atoms with E-state index in [2.05, 4.69) is 15.4 Å². The largest absolute Gasteiger partial charge is 0.462 e. The van der Waals surface area contributed by atoms with Crippen molar-refractivity contribution in [3.63, 3.8) is 0 Å². The molecule has 30 heavy (non-hydrogen) atoms. The average molecular weight is 451 g/mol. The van der Waals surface area contributed by atoms with E-state index in [4.69, 9.17) is 4.74 Å². The first-order valence-electron chi connectivity index (χ1n) is 9.06. The lowest BCUT2D eigenvalue weighted by Gasteiger charge is -2.10. The first kappa shape index (κ1) is 23.4. The van der Waals surface area contributed by atoms with E-state index < -0.39 is 23.9 Å². The summed E-state index contributed by atoms with van der Waals surface area (Å²) in [5, 5.41) is 4.89. The lowest BCUT2D eigenvalue weighted by atomic mass is 10.1. The van der Waals surface area contributed by atoms with Crippen LogP contribution < -0.4 is 10.6 Å². The summed E-state index contributed by atoms with van der Waals surface area (Å²) in [4.78, 5) is 50.3. The molecular weight excluding hydrogens is 428 g/mol. The van der Waals surface area contributed by atoms with Gasteiger partial charge in [0.05, 0.1) is 24.8 Å². The van der Waals surface area contributed by atoms with Gasteiger partial charge in [-0.05, 0) is 37.3 Å². The van der Waals surface area contributed by atoms with Gasteiger partial charge in [0.1, 0.15) is 9.88 Å². The number of esters is 1. The predicted octanol–water partition coefficient (Wildman–Crippen LogP) is 4.09. The maximum absolute atomic E-state index is 12.9. The number of amides is 3. The first-order chi connectivity index (χ1) is 14.3. The summed E-state index contributed by atoms with van der Waals surface area (Å²) in [6, 6.07) is 7.08. The molecule has 0 saturated heterocycles. The number of rotatable bonds is 7. The Kier molecular flexibility index (Phi) is 8.43. The van der Waals surface area contributed by atoms with Crippen LogP contribution in [-0.4, -0.2) is 43.3 Å². The van der Waals surface area contributed by atoms with E-state index in [-0.39, 0.29) is 22.0 Å². The molecule has 0 atom stereocenters. The zero-order valence-electron chi connectivity index (χ0n) is 17.0. The number of benzene rings is 1. The van der Waals surface area contributed by atoms with Crippen LogP contribution >= 0.6 is 23.1 Å². The topological polar surface area (TPSA) is 111 Å². The van der Waals surface area contributed by atoms with Gasteiger partial charge in [-0.25, -0.2) is 9.59 Å². The highest BCUT2D eigenvalue weighted by molar-refractivity contribution is 7.99. The molecule has 0 aliphatic carbocycles. The summed E-state index contributed by atoms with van der Waals surface area (Å²) >= 11 is 2.42. The van der Waals surface area contributed by atoms with Gasteiger partial charge in [-0.3, -0.25) is 14.9 Å². The maximum Gasteiger partial charge on any atom is 0.413 e. The molecule has 0 radical (unpaired) electrons. The highest BCUT2D eigenvalue weighted by Gasteiger charge is 2.28. The van der Waals surface area contributed by atoms with Crippen molar-refractivity contribution in [2.45, 2.75) is 25.7 Å². The lowest BCUT2D eigenvalue weighted by molar-refractivity contribution is 0.0531. The number of imide groups is 1. The number of nitrogens with one attached hydrogen (secondary N) is 2. The van der Waals surface area contributed by atoms with Crippen LogP contribution in [0.1, 0.15) is 49.8 Å². The third kappa shape index (κ3) is 5.39. The number of ether oxygens (including phenoxy) is 2. The molecule has 0 aliphatic rings. The Labute approximate surface area is 182 Å². The molecule has 160 valence electrons. The minimum atomic E-state index is -0.953. The Balaban J connectivity index is 2.46. The molecule has 10 heteroatoms. The molecule has 2 aromatic rings. The van der Waals surface area contributed by atoms with Crippen molar-refractivity contribution in [2.24, 2.45) is 0 Å². The zero-order chi connectivity index (χ0) is 22.3. The van der Waals surface area contributed by atoms with Crippen molar-refractivity contribution < 1.29 is 28.7 Å². The molecule has 1 heterocycles. The van der Waals surface area contributed by atoms with Gasteiger partial charge in [0, 0.05) is 4.90 Å². The number of carbonyl (C=O) groups is 4. The molecule has 0 spiro atoms. The van der Waals surface area contributed by atoms with Crippen molar-refractivity contribution in [3.8, 4) is 0 Å². The smallest absolute Gasteiger partial charge is 0.413 e. The molecule has 2 rings (SSSR count). The summed E-state index contributed by atoms with van der Waals surface area (Å²) in [5.41, 5.74) is 0.737. The highest BCUT2D eigenvalue weighted by Crippen LogP contribution is 2.34. The molecule has 0 bridgehead atoms. The number of hydrogen-bond donors (Lipinski definition) is 2. The second kappa shape index (κ2) is 10.8. The van der Waals surface area contributed by atoms with E-state index in [1.54, 1.807) is 26.0 Å². The summed E-state index contributed by atoms with van der Waals surface area (Å²) < 4.78 is 9.49. The number of methoxy groups -OCH3 is 1. The standard InChI is InChI=1S/C20H22N2O6S2/c1-5-28-19(25)15-11(3)14(17(24)22-20(26)27-4)18(30-15)21-16(23)12-9-7-8-10-13(12)29-6-2/h7-10H,5-6H2,1-4H3,(H,21,23)(H,22,24,26). The Morgan fingerprint density at radius 2 is 1.80 bits per heavy atom. The van der Waals surface area contributed by atoms with Crippen molar-refractivity contribution in [1.82, 2.24) is 5.32 Å². The Bertz CT molecular complexity index is 970. The summed E-state index contributed by atoms with van der Waals surface area (Å²) in [6.07, 6.45) is -0.953. The SMILES string of the molecule is CCOC(=O)c1sc(NC(=O)c2ccccc2SCC)c(C(=O)NC(=O)OC)c1C. The highest BCUT2D eigenvalue weighted by atomic mass is 32.2. The second-order valence-corrected chi connectivity index (χ2v) is 8.14. The Morgan fingerprint density at radius 1 is 1.10 bits per heavy atom. The minimum Gasteiger partial charge on any atom is -0.462 e. The molecule has 1 aromatic heterocycles. The van der Waals surface area contributed by atoms with E-state index in [1.807, 2.05) is 19.1 Å². The van der Waals surface area contributed by atoms with Crippen molar-refractivity contribution >= 4 is 52.0 Å². The fourth-order valence-electron chi connectivity index (χ4n) is 2.58. The van der Waals surface area contributed by atoms with Gasteiger partial charge < -0.3 is 14.8 Å². The van der Waals surface area contributed by atoms with Crippen LogP contribution in [0.15, 0.2) is 29.2 Å². The molecule has 3 amide bonds. The van der Waals surface area contributed by atoms with Crippen molar-refractivity contribution in [3.05, 3.63) is 45.8 Å². The molecule has 0 unspecified atom stereocenters. The van der Waals surface area contributed by atoms with Crippen molar-refractivity contribution in [1.29, 1.82) is 0 Å². The van der Waals surface area contributed by atoms with E-state index in [9.17, 15) is 19.2 Å². The van der Waals surface area contributed by atoms with E-state index in [1.165, 1.54) is 11.8 Å². The van der Waals surface area contributed by atoms with Crippen LogP contribution in [-0.2, 0) is 9.47 Å². The molecule has 0 fully saturated rings. The third-order valence-corrected chi connectivity index (χ3v) is 6.04. The number of hydrogen-bond acceptors (Lipinski definition) is 8. The first-order valence-corrected chi connectivity index (χ1v) is 10.9. The average Bonchev–Trinajstić information content (AvgIpc) is 3.04. The van der Waals surface area contributed by atoms with Gasteiger partial charge in [0.25, 0.3) is 11.8 Å². The van der Waals surface area contributed by atoms with Crippen molar-refractivity contribution in [2.75, 3.05) is 24.8 Å². The Hall–Kier alpha value is -2.85. The van der Waals surface area contributed by atoms with Gasteiger partial charge >= 0.3 is 12.1 Å². The number of thioether (sulfide) groups is 1. The van der Waals surface area contributed by atoms with Gasteiger partial charge in [-0.15, -0.1) is 23.1 Å². The molecule has 0 aliphatic heterocycles. The fraction of sp³-hybridized carbons (Fsp3) is 0.300. The van der Waals surface area contributed by atoms with E-state index >= 15 is 0 Å². The summed E-state index contributed by atoms with van der Waals surface area (Å²) in [7, 11) is 1.12. The van der Waals surface area contributed by atoms with Gasteiger partial charge in [-0.1, -0.05) is 19.1 Å². The van der Waals surface area contributed by atoms with Gasteiger partial charge in [0.2, 0.25) is 0 Å². The number of anilines is 1. The Morgan fingerprint density at radius 3 is 2.43 bits per heavy atom. The summed E-state index contributed by atoms with van der Waals surface area (Å²) in [6.45, 7) is 5.34.